The first kappa shape index (κ1) is 13.2. The number of aryl methyl sites for hydroxylation is 1. The van der Waals surface area contributed by atoms with Gasteiger partial charge in [-0.3, -0.25) is 4.79 Å². The fourth-order valence-electron chi connectivity index (χ4n) is 1.91. The first-order chi connectivity index (χ1) is 9.10. The Balaban J connectivity index is 2.08. The molecule has 0 amide bonds. The zero-order valence-electron chi connectivity index (χ0n) is 11.5. The number of ketones is 1. The summed E-state index contributed by atoms with van der Waals surface area (Å²) in [6, 6.07) is 9.51. The Kier molecular flexibility index (Phi) is 3.90. The van der Waals surface area contributed by atoms with Crippen molar-refractivity contribution in [3.05, 3.63) is 48.3 Å². The maximum absolute atomic E-state index is 12.1. The molecule has 0 radical (unpaired) electrons. The molecule has 1 aromatic carbocycles. The Bertz CT molecular complexity index is 575. The van der Waals surface area contributed by atoms with Crippen LogP contribution in [0.4, 0.5) is 5.69 Å². The first-order valence-corrected chi connectivity index (χ1v) is 6.10. The van der Waals surface area contributed by atoms with Crippen molar-refractivity contribution in [2.24, 2.45) is 7.05 Å². The number of ether oxygens (including phenoxy) is 1. The summed E-state index contributed by atoms with van der Waals surface area (Å²) >= 11 is 0. The van der Waals surface area contributed by atoms with Gasteiger partial charge in [-0.25, -0.2) is 0 Å². The summed E-state index contributed by atoms with van der Waals surface area (Å²) in [5, 5.41) is 0. The fourth-order valence-corrected chi connectivity index (χ4v) is 1.91. The molecule has 1 heterocycles. The lowest BCUT2D eigenvalue weighted by Crippen LogP contribution is -2.25. The van der Waals surface area contributed by atoms with Crippen molar-refractivity contribution < 1.29 is 9.53 Å². The van der Waals surface area contributed by atoms with Gasteiger partial charge < -0.3 is 14.2 Å². The number of rotatable bonds is 5. The molecule has 0 saturated carbocycles. The van der Waals surface area contributed by atoms with Crippen molar-refractivity contribution in [2.75, 3.05) is 25.6 Å². The third-order valence-electron chi connectivity index (χ3n) is 3.03. The lowest BCUT2D eigenvalue weighted by atomic mass is 10.2. The molecule has 0 fully saturated rings. The van der Waals surface area contributed by atoms with Gasteiger partial charge in [0, 0.05) is 43.8 Å². The summed E-state index contributed by atoms with van der Waals surface area (Å²) in [5.41, 5.74) is 1.70. The quantitative estimate of drug-likeness (QED) is 0.772. The second kappa shape index (κ2) is 5.61. The van der Waals surface area contributed by atoms with E-state index in [0.29, 0.717) is 6.54 Å². The van der Waals surface area contributed by atoms with Crippen LogP contribution in [0.5, 0.6) is 5.75 Å². The number of Topliss-reactive ketones (excluding diaryl/α,β-unsaturated/α-hetero) is 1. The van der Waals surface area contributed by atoms with E-state index in [4.69, 9.17) is 4.74 Å². The molecule has 4 heteroatoms. The van der Waals surface area contributed by atoms with Crippen LogP contribution in [0, 0.1) is 0 Å². The zero-order chi connectivity index (χ0) is 13.8. The van der Waals surface area contributed by atoms with E-state index in [1.165, 1.54) is 0 Å². The molecule has 0 aliphatic carbocycles. The second-order valence-electron chi connectivity index (χ2n) is 4.55. The highest BCUT2D eigenvalue weighted by molar-refractivity contribution is 5.99. The van der Waals surface area contributed by atoms with Gasteiger partial charge in [-0.2, -0.15) is 0 Å². The maximum atomic E-state index is 12.1. The Labute approximate surface area is 113 Å². The van der Waals surface area contributed by atoms with Gasteiger partial charge in [0.1, 0.15) is 5.75 Å². The summed E-state index contributed by atoms with van der Waals surface area (Å²) in [7, 11) is 5.44. The number of aromatic nitrogens is 1. The fraction of sp³-hybridized carbons (Fsp3) is 0.267. The van der Waals surface area contributed by atoms with Crippen molar-refractivity contribution in [3.63, 3.8) is 0 Å². The van der Waals surface area contributed by atoms with Gasteiger partial charge >= 0.3 is 0 Å². The molecule has 0 aliphatic heterocycles. The first-order valence-electron chi connectivity index (χ1n) is 6.10. The predicted octanol–water partition coefficient (Wildman–Crippen LogP) is 2.35. The van der Waals surface area contributed by atoms with Crippen molar-refractivity contribution in [1.29, 1.82) is 0 Å². The molecule has 100 valence electrons. The highest BCUT2D eigenvalue weighted by atomic mass is 16.5. The molecular formula is C15H18N2O2. The van der Waals surface area contributed by atoms with Crippen LogP contribution in [0.3, 0.4) is 0 Å². The Morgan fingerprint density at radius 2 is 2.16 bits per heavy atom. The lowest BCUT2D eigenvalue weighted by molar-refractivity contribution is 0.100. The van der Waals surface area contributed by atoms with Crippen LogP contribution in [0.1, 0.15) is 10.4 Å². The Hall–Kier alpha value is -2.23. The number of hydrogen-bond acceptors (Lipinski definition) is 3. The summed E-state index contributed by atoms with van der Waals surface area (Å²) in [6.45, 7) is 0.344. The predicted molar refractivity (Wildman–Crippen MR) is 76.0 cm³/mol. The third-order valence-corrected chi connectivity index (χ3v) is 3.03. The number of nitrogens with zero attached hydrogens (tertiary/aromatic N) is 2. The van der Waals surface area contributed by atoms with Crippen LogP contribution >= 0.6 is 0 Å². The average molecular weight is 258 g/mol. The number of anilines is 1. The van der Waals surface area contributed by atoms with Gasteiger partial charge in [0.2, 0.25) is 0 Å². The largest absolute Gasteiger partial charge is 0.497 e. The highest BCUT2D eigenvalue weighted by Crippen LogP contribution is 2.20. The molecule has 0 N–H and O–H groups in total. The molecular weight excluding hydrogens is 240 g/mol. The van der Waals surface area contributed by atoms with E-state index in [9.17, 15) is 4.79 Å². The Morgan fingerprint density at radius 1 is 1.37 bits per heavy atom. The number of hydrogen-bond donors (Lipinski definition) is 0. The van der Waals surface area contributed by atoms with Crippen LogP contribution < -0.4 is 9.64 Å². The summed E-state index contributed by atoms with van der Waals surface area (Å²) < 4.78 is 7.06. The lowest BCUT2D eigenvalue weighted by Gasteiger charge is -2.18. The summed E-state index contributed by atoms with van der Waals surface area (Å²) in [4.78, 5) is 14.0. The number of carbonyl (C=O) groups is 1. The summed E-state index contributed by atoms with van der Waals surface area (Å²) in [5.74, 6) is 0.891. The maximum Gasteiger partial charge on any atom is 0.183 e. The highest BCUT2D eigenvalue weighted by Gasteiger charge is 2.11. The zero-order valence-corrected chi connectivity index (χ0v) is 11.5. The average Bonchev–Trinajstić information content (AvgIpc) is 2.85. The second-order valence-corrected chi connectivity index (χ2v) is 4.55. The monoisotopic (exact) mass is 258 g/mol. The van der Waals surface area contributed by atoms with Crippen molar-refractivity contribution in [3.8, 4) is 5.75 Å². The molecule has 0 bridgehead atoms. The minimum atomic E-state index is 0.103. The standard InChI is InChI=1S/C15H18N2O2/c1-16-8-7-12(10-16)15(18)11-17(2)13-5-4-6-14(9-13)19-3/h4-10H,11H2,1-3H3. The van der Waals surface area contributed by atoms with E-state index in [-0.39, 0.29) is 5.78 Å². The molecule has 2 rings (SSSR count). The normalized spacial score (nSPS) is 10.3. The molecule has 2 aromatic rings. The third kappa shape index (κ3) is 3.16. The molecule has 0 aliphatic rings. The van der Waals surface area contributed by atoms with E-state index < -0.39 is 0 Å². The van der Waals surface area contributed by atoms with E-state index in [2.05, 4.69) is 0 Å². The van der Waals surface area contributed by atoms with Gasteiger partial charge in [-0.15, -0.1) is 0 Å². The van der Waals surface area contributed by atoms with Gasteiger partial charge in [0.15, 0.2) is 5.78 Å². The van der Waals surface area contributed by atoms with E-state index in [0.717, 1.165) is 17.0 Å². The molecule has 4 nitrogen and oxygen atoms in total. The number of methoxy groups -OCH3 is 1. The topological polar surface area (TPSA) is 34.5 Å². The van der Waals surface area contributed by atoms with Crippen molar-refractivity contribution in [1.82, 2.24) is 4.57 Å². The molecule has 0 atom stereocenters. The summed E-state index contributed by atoms with van der Waals surface area (Å²) in [6.07, 6.45) is 3.71. The molecule has 19 heavy (non-hydrogen) atoms. The van der Waals surface area contributed by atoms with Crippen LogP contribution in [0.2, 0.25) is 0 Å². The molecule has 0 unspecified atom stereocenters. The van der Waals surface area contributed by atoms with E-state index >= 15 is 0 Å². The van der Waals surface area contributed by atoms with Gasteiger partial charge in [0.05, 0.1) is 13.7 Å². The van der Waals surface area contributed by atoms with Crippen molar-refractivity contribution >= 4 is 11.5 Å². The smallest absolute Gasteiger partial charge is 0.183 e. The molecule has 0 saturated heterocycles. The number of carbonyl (C=O) groups excluding carboxylic acids is 1. The van der Waals surface area contributed by atoms with Gasteiger partial charge in [-0.1, -0.05) is 6.07 Å². The van der Waals surface area contributed by atoms with Crippen LogP contribution in [-0.4, -0.2) is 31.1 Å². The van der Waals surface area contributed by atoms with E-state index in [1.54, 1.807) is 7.11 Å². The van der Waals surface area contributed by atoms with Crippen LogP contribution in [0.25, 0.3) is 0 Å². The van der Waals surface area contributed by atoms with Gasteiger partial charge in [-0.05, 0) is 18.2 Å². The van der Waals surface area contributed by atoms with Crippen molar-refractivity contribution in [2.45, 2.75) is 0 Å². The molecule has 0 spiro atoms. The number of likely N-dealkylation sites (N-methyl/N-ethyl adjacent to an activating group) is 1. The van der Waals surface area contributed by atoms with E-state index in [1.807, 2.05) is 66.3 Å². The minimum Gasteiger partial charge on any atom is -0.497 e. The SMILES string of the molecule is COc1cccc(N(C)CC(=O)c2ccn(C)c2)c1. The van der Waals surface area contributed by atoms with Gasteiger partial charge in [0.25, 0.3) is 0 Å². The van der Waals surface area contributed by atoms with Crippen LogP contribution in [0.15, 0.2) is 42.7 Å². The minimum absolute atomic E-state index is 0.103. The molecule has 1 aromatic heterocycles. The Morgan fingerprint density at radius 3 is 2.79 bits per heavy atom. The van der Waals surface area contributed by atoms with Crippen LogP contribution in [-0.2, 0) is 7.05 Å². The number of benzene rings is 1.